The first-order valence-corrected chi connectivity index (χ1v) is 9.53. The van der Waals surface area contributed by atoms with E-state index in [0.717, 1.165) is 28.4 Å². The summed E-state index contributed by atoms with van der Waals surface area (Å²) in [5, 5.41) is 14.0. The van der Waals surface area contributed by atoms with Gasteiger partial charge in [0.1, 0.15) is 0 Å². The number of carboxylic acid groups (broad SMARTS) is 1. The predicted molar refractivity (Wildman–Crippen MR) is 104 cm³/mol. The van der Waals surface area contributed by atoms with Gasteiger partial charge in [-0.3, -0.25) is 4.79 Å². The number of amides is 1. The summed E-state index contributed by atoms with van der Waals surface area (Å²) in [6, 6.07) is 10.5. The van der Waals surface area contributed by atoms with Gasteiger partial charge in [-0.2, -0.15) is 0 Å². The molecule has 0 heterocycles. The minimum absolute atomic E-state index is 0.270. The molecule has 0 radical (unpaired) electrons. The molecule has 0 aromatic heterocycles. The molecule has 0 aliphatic rings. The number of nitrogens with one attached hydrogen (secondary N) is 1. The van der Waals surface area contributed by atoms with Crippen LogP contribution in [0.2, 0.25) is 0 Å². The lowest BCUT2D eigenvalue weighted by molar-refractivity contribution is -0.306. The van der Waals surface area contributed by atoms with Gasteiger partial charge in [0.25, 0.3) is 5.91 Å². The number of rotatable bonds is 7. The SMILES string of the molecule is CCc1ccc([C@@H](CC(=O)[O-])NC(=O)c2ccc(C)c(Br)c2)cc1CC. The van der Waals surface area contributed by atoms with Crippen molar-refractivity contribution in [2.24, 2.45) is 0 Å². The number of aliphatic carboxylic acids is 1. The van der Waals surface area contributed by atoms with E-state index in [1.54, 1.807) is 12.1 Å². The van der Waals surface area contributed by atoms with E-state index in [-0.39, 0.29) is 12.3 Å². The van der Waals surface area contributed by atoms with Gasteiger partial charge in [0.2, 0.25) is 0 Å². The van der Waals surface area contributed by atoms with E-state index in [2.05, 4.69) is 35.1 Å². The average Bonchev–Trinajstić information content (AvgIpc) is 2.62. The van der Waals surface area contributed by atoms with Gasteiger partial charge in [-0.05, 0) is 54.2 Å². The van der Waals surface area contributed by atoms with Crippen LogP contribution in [0.25, 0.3) is 0 Å². The van der Waals surface area contributed by atoms with Crippen molar-refractivity contribution in [3.63, 3.8) is 0 Å². The van der Waals surface area contributed by atoms with Crippen LogP contribution in [0.3, 0.4) is 0 Å². The molecule has 0 unspecified atom stereocenters. The third-order valence-electron chi connectivity index (χ3n) is 4.50. The number of halogens is 1. The molecular weight excluding hydrogens is 394 g/mol. The minimum Gasteiger partial charge on any atom is -0.550 e. The van der Waals surface area contributed by atoms with E-state index in [1.807, 2.05) is 31.2 Å². The maximum Gasteiger partial charge on any atom is 0.251 e. The van der Waals surface area contributed by atoms with Gasteiger partial charge in [0, 0.05) is 22.4 Å². The Balaban J connectivity index is 2.31. The molecule has 2 rings (SSSR count). The lowest BCUT2D eigenvalue weighted by Crippen LogP contribution is -2.34. The Morgan fingerprint density at radius 3 is 2.35 bits per heavy atom. The summed E-state index contributed by atoms with van der Waals surface area (Å²) < 4.78 is 0.835. The molecule has 0 saturated heterocycles. The largest absolute Gasteiger partial charge is 0.550 e. The summed E-state index contributed by atoms with van der Waals surface area (Å²) in [5.74, 6) is -1.51. The fourth-order valence-corrected chi connectivity index (χ4v) is 3.31. The van der Waals surface area contributed by atoms with Gasteiger partial charge in [-0.15, -0.1) is 0 Å². The summed E-state index contributed by atoms with van der Waals surface area (Å²) >= 11 is 3.42. The van der Waals surface area contributed by atoms with Crippen LogP contribution in [0.15, 0.2) is 40.9 Å². The van der Waals surface area contributed by atoms with Crippen molar-refractivity contribution in [3.8, 4) is 0 Å². The van der Waals surface area contributed by atoms with Crippen molar-refractivity contribution in [2.75, 3.05) is 0 Å². The Morgan fingerprint density at radius 2 is 1.77 bits per heavy atom. The molecule has 0 aliphatic carbocycles. The van der Waals surface area contributed by atoms with Crippen LogP contribution in [0.5, 0.6) is 0 Å². The zero-order valence-electron chi connectivity index (χ0n) is 15.3. The van der Waals surface area contributed by atoms with E-state index < -0.39 is 12.0 Å². The number of aryl methyl sites for hydroxylation is 3. The van der Waals surface area contributed by atoms with E-state index in [0.29, 0.717) is 5.56 Å². The lowest BCUT2D eigenvalue weighted by atomic mass is 9.95. The number of carboxylic acids is 1. The molecule has 0 aliphatic heterocycles. The van der Waals surface area contributed by atoms with Gasteiger partial charge in [-0.1, -0.05) is 54.0 Å². The highest BCUT2D eigenvalue weighted by molar-refractivity contribution is 9.10. The molecule has 138 valence electrons. The normalized spacial score (nSPS) is 11.8. The molecular formula is C21H23BrNO3-. The Morgan fingerprint density at radius 1 is 1.08 bits per heavy atom. The lowest BCUT2D eigenvalue weighted by Gasteiger charge is -2.21. The molecule has 2 aromatic rings. The van der Waals surface area contributed by atoms with Crippen LogP contribution >= 0.6 is 15.9 Å². The molecule has 4 nitrogen and oxygen atoms in total. The van der Waals surface area contributed by atoms with Gasteiger partial charge < -0.3 is 15.2 Å². The van der Waals surface area contributed by atoms with E-state index in [4.69, 9.17) is 0 Å². The molecule has 1 amide bonds. The zero-order valence-corrected chi connectivity index (χ0v) is 16.9. The molecule has 5 heteroatoms. The second kappa shape index (κ2) is 8.99. The van der Waals surface area contributed by atoms with Crippen LogP contribution in [0.1, 0.15) is 58.9 Å². The van der Waals surface area contributed by atoms with Crippen molar-refractivity contribution in [1.29, 1.82) is 0 Å². The fraction of sp³-hybridized carbons (Fsp3) is 0.333. The first-order chi connectivity index (χ1) is 12.3. The van der Waals surface area contributed by atoms with Gasteiger partial charge in [0.05, 0.1) is 6.04 Å². The number of hydrogen-bond acceptors (Lipinski definition) is 3. The molecule has 1 N–H and O–H groups in total. The quantitative estimate of drug-likeness (QED) is 0.750. The maximum atomic E-state index is 12.6. The van der Waals surface area contributed by atoms with Gasteiger partial charge in [-0.25, -0.2) is 0 Å². The highest BCUT2D eigenvalue weighted by Crippen LogP contribution is 2.23. The Hall–Kier alpha value is -2.14. The molecule has 2 aromatic carbocycles. The highest BCUT2D eigenvalue weighted by atomic mass is 79.9. The van der Waals surface area contributed by atoms with Gasteiger partial charge >= 0.3 is 0 Å². The molecule has 0 fully saturated rings. The van der Waals surface area contributed by atoms with E-state index >= 15 is 0 Å². The topological polar surface area (TPSA) is 69.2 Å². The van der Waals surface area contributed by atoms with Crippen LogP contribution in [-0.2, 0) is 17.6 Å². The molecule has 0 saturated carbocycles. The second-order valence-electron chi connectivity index (χ2n) is 6.30. The number of hydrogen-bond donors (Lipinski definition) is 1. The van der Waals surface area contributed by atoms with Crippen LogP contribution in [0.4, 0.5) is 0 Å². The molecule has 0 bridgehead atoms. The monoisotopic (exact) mass is 416 g/mol. The number of carbonyl (C=O) groups is 2. The van der Waals surface area contributed by atoms with Crippen LogP contribution in [0, 0.1) is 6.92 Å². The van der Waals surface area contributed by atoms with Crippen LogP contribution in [-0.4, -0.2) is 11.9 Å². The molecule has 0 spiro atoms. The third-order valence-corrected chi connectivity index (χ3v) is 5.36. The maximum absolute atomic E-state index is 12.6. The summed E-state index contributed by atoms with van der Waals surface area (Å²) in [6.07, 6.45) is 1.50. The summed E-state index contributed by atoms with van der Waals surface area (Å²) in [5.41, 5.74) is 4.68. The second-order valence-corrected chi connectivity index (χ2v) is 7.16. The minimum atomic E-state index is -1.20. The molecule has 26 heavy (non-hydrogen) atoms. The standard InChI is InChI=1S/C21H24BrNO3/c1-4-14-8-9-16(10-15(14)5-2)19(12-20(24)25)23-21(26)17-7-6-13(3)18(22)11-17/h6-11,19H,4-5,12H2,1-3H3,(H,23,26)(H,24,25)/p-1/t19-/m1/s1. The van der Waals surface area contributed by atoms with E-state index in [9.17, 15) is 14.7 Å². The van der Waals surface area contributed by atoms with Gasteiger partial charge in [0.15, 0.2) is 0 Å². The smallest absolute Gasteiger partial charge is 0.251 e. The Kier molecular flexibility index (Phi) is 6.98. The fourth-order valence-electron chi connectivity index (χ4n) is 2.93. The predicted octanol–water partition coefficient (Wildman–Crippen LogP) is 3.49. The van der Waals surface area contributed by atoms with Crippen molar-refractivity contribution in [2.45, 2.75) is 46.1 Å². The van der Waals surface area contributed by atoms with Crippen molar-refractivity contribution in [1.82, 2.24) is 5.32 Å². The summed E-state index contributed by atoms with van der Waals surface area (Å²) in [7, 11) is 0. The number of benzene rings is 2. The first kappa shape index (κ1) is 20.2. The molecule has 1 atom stereocenters. The van der Waals surface area contributed by atoms with Crippen molar-refractivity contribution in [3.05, 3.63) is 68.7 Å². The third kappa shape index (κ3) is 4.94. The first-order valence-electron chi connectivity index (χ1n) is 8.74. The summed E-state index contributed by atoms with van der Waals surface area (Å²) in [6.45, 7) is 6.09. The Labute approximate surface area is 162 Å². The van der Waals surface area contributed by atoms with E-state index in [1.165, 1.54) is 11.1 Å². The Bertz CT molecular complexity index is 817. The number of carbonyl (C=O) groups excluding carboxylic acids is 2. The van der Waals surface area contributed by atoms with Crippen molar-refractivity contribution >= 4 is 27.8 Å². The highest BCUT2D eigenvalue weighted by Gasteiger charge is 2.18. The zero-order chi connectivity index (χ0) is 19.3. The summed E-state index contributed by atoms with van der Waals surface area (Å²) in [4.78, 5) is 23.8. The van der Waals surface area contributed by atoms with Crippen LogP contribution < -0.4 is 10.4 Å². The van der Waals surface area contributed by atoms with Crippen molar-refractivity contribution < 1.29 is 14.7 Å². The average molecular weight is 417 g/mol.